The third kappa shape index (κ3) is 5.85. The second kappa shape index (κ2) is 7.40. The Labute approximate surface area is 131 Å². The number of nitrogens with one attached hydrogen (secondary N) is 1. The van der Waals surface area contributed by atoms with Crippen molar-refractivity contribution in [2.75, 3.05) is 59.5 Å². The Balaban J connectivity index is 1.77. The maximum absolute atomic E-state index is 5.73. The molecule has 0 saturated carbocycles. The Morgan fingerprint density at radius 3 is 2.52 bits per heavy atom. The summed E-state index contributed by atoms with van der Waals surface area (Å²) in [5.41, 5.74) is 0.483. The van der Waals surface area contributed by atoms with E-state index >= 15 is 0 Å². The van der Waals surface area contributed by atoms with Crippen LogP contribution in [-0.2, 0) is 4.74 Å². The molecule has 0 aliphatic carbocycles. The summed E-state index contributed by atoms with van der Waals surface area (Å²) in [6, 6.07) is 0. The molecule has 2 rings (SSSR count). The summed E-state index contributed by atoms with van der Waals surface area (Å²) in [5.74, 6) is 0. The molecule has 4 nitrogen and oxygen atoms in total. The van der Waals surface area contributed by atoms with E-state index in [-0.39, 0.29) is 5.54 Å². The highest BCUT2D eigenvalue weighted by Crippen LogP contribution is 2.29. The van der Waals surface area contributed by atoms with Crippen molar-refractivity contribution < 1.29 is 4.74 Å². The molecular formula is C17H35N3O. The number of hydrogen-bond donors (Lipinski definition) is 1. The Kier molecular flexibility index (Phi) is 6.06. The van der Waals surface area contributed by atoms with Gasteiger partial charge < -0.3 is 19.9 Å². The van der Waals surface area contributed by atoms with Gasteiger partial charge >= 0.3 is 0 Å². The van der Waals surface area contributed by atoms with E-state index in [0.29, 0.717) is 5.41 Å². The molecule has 1 atom stereocenters. The summed E-state index contributed by atoms with van der Waals surface area (Å²) in [6.45, 7) is 15.8. The minimum Gasteiger partial charge on any atom is -0.381 e. The number of likely N-dealkylation sites (N-methyl/N-ethyl adjacent to an activating group) is 1. The van der Waals surface area contributed by atoms with E-state index in [1.807, 2.05) is 0 Å². The van der Waals surface area contributed by atoms with Gasteiger partial charge in [-0.05, 0) is 60.2 Å². The Morgan fingerprint density at radius 1 is 1.24 bits per heavy atom. The Bertz CT molecular complexity index is 302. The van der Waals surface area contributed by atoms with Crippen LogP contribution in [-0.4, -0.2) is 74.9 Å². The van der Waals surface area contributed by atoms with Gasteiger partial charge in [-0.1, -0.05) is 0 Å². The van der Waals surface area contributed by atoms with Gasteiger partial charge in [-0.25, -0.2) is 0 Å². The van der Waals surface area contributed by atoms with Crippen molar-refractivity contribution in [3.8, 4) is 0 Å². The topological polar surface area (TPSA) is 27.7 Å². The molecule has 2 aliphatic heterocycles. The summed E-state index contributed by atoms with van der Waals surface area (Å²) in [4.78, 5) is 5.11. The first kappa shape index (κ1) is 17.2. The average Bonchev–Trinajstić information content (AvgIpc) is 3.05. The molecule has 0 aromatic carbocycles. The molecule has 21 heavy (non-hydrogen) atoms. The maximum Gasteiger partial charge on any atom is 0.0547 e. The van der Waals surface area contributed by atoms with Gasteiger partial charge in [-0.3, -0.25) is 0 Å². The van der Waals surface area contributed by atoms with Crippen LogP contribution in [0.2, 0.25) is 0 Å². The summed E-state index contributed by atoms with van der Waals surface area (Å²) in [5, 5.41) is 3.69. The van der Waals surface area contributed by atoms with Crippen LogP contribution < -0.4 is 5.32 Å². The third-order valence-electron chi connectivity index (χ3n) is 4.78. The van der Waals surface area contributed by atoms with Crippen LogP contribution in [0.25, 0.3) is 0 Å². The molecule has 1 unspecified atom stereocenters. The van der Waals surface area contributed by atoms with Crippen LogP contribution in [0.4, 0.5) is 0 Å². The first-order valence-corrected chi connectivity index (χ1v) is 8.62. The van der Waals surface area contributed by atoms with E-state index in [4.69, 9.17) is 4.74 Å². The predicted molar refractivity (Wildman–Crippen MR) is 88.8 cm³/mol. The van der Waals surface area contributed by atoms with Crippen molar-refractivity contribution in [2.45, 2.75) is 45.6 Å². The lowest BCUT2D eigenvalue weighted by molar-refractivity contribution is 0.109. The molecule has 0 bridgehead atoms. The molecule has 2 heterocycles. The number of likely N-dealkylation sites (tertiary alicyclic amines) is 1. The van der Waals surface area contributed by atoms with Crippen LogP contribution in [0, 0.1) is 5.41 Å². The van der Waals surface area contributed by atoms with Crippen molar-refractivity contribution >= 4 is 0 Å². The van der Waals surface area contributed by atoms with Gasteiger partial charge in [-0.15, -0.1) is 0 Å². The highest BCUT2D eigenvalue weighted by atomic mass is 16.5. The Morgan fingerprint density at radius 2 is 1.95 bits per heavy atom. The van der Waals surface area contributed by atoms with Gasteiger partial charge in [0, 0.05) is 43.7 Å². The monoisotopic (exact) mass is 297 g/mol. The first-order valence-electron chi connectivity index (χ1n) is 8.62. The third-order valence-corrected chi connectivity index (χ3v) is 4.78. The van der Waals surface area contributed by atoms with E-state index in [9.17, 15) is 0 Å². The highest BCUT2D eigenvalue weighted by molar-refractivity contribution is 4.90. The van der Waals surface area contributed by atoms with E-state index in [1.165, 1.54) is 45.4 Å². The normalized spacial score (nSPS) is 27.9. The summed E-state index contributed by atoms with van der Waals surface area (Å²) < 4.78 is 5.73. The predicted octanol–water partition coefficient (Wildman–Crippen LogP) is 1.81. The molecule has 124 valence electrons. The number of ether oxygens (including phenoxy) is 1. The quantitative estimate of drug-likeness (QED) is 0.776. The molecule has 2 fully saturated rings. The molecule has 0 amide bonds. The van der Waals surface area contributed by atoms with Crippen LogP contribution in [0.1, 0.15) is 40.0 Å². The zero-order valence-corrected chi connectivity index (χ0v) is 14.6. The molecule has 0 aromatic heterocycles. The smallest absolute Gasteiger partial charge is 0.0547 e. The maximum atomic E-state index is 5.73. The summed E-state index contributed by atoms with van der Waals surface area (Å²) >= 11 is 0. The van der Waals surface area contributed by atoms with E-state index in [2.05, 4.69) is 42.9 Å². The molecule has 1 N–H and O–H groups in total. The minimum absolute atomic E-state index is 0.184. The largest absolute Gasteiger partial charge is 0.381 e. The van der Waals surface area contributed by atoms with Gasteiger partial charge in [0.1, 0.15) is 0 Å². The van der Waals surface area contributed by atoms with Gasteiger partial charge in [0.15, 0.2) is 0 Å². The van der Waals surface area contributed by atoms with E-state index in [0.717, 1.165) is 26.3 Å². The number of nitrogens with zero attached hydrogens (tertiary/aromatic N) is 2. The molecule has 2 saturated heterocycles. The lowest BCUT2D eigenvalue weighted by Gasteiger charge is -2.36. The molecule has 2 aliphatic rings. The van der Waals surface area contributed by atoms with Crippen molar-refractivity contribution in [3.05, 3.63) is 0 Å². The van der Waals surface area contributed by atoms with Gasteiger partial charge in [0.25, 0.3) is 0 Å². The SMILES string of the molecule is CN(CCN1CCCC1)CC1(CNC(C)(C)C)CCOC1. The zero-order chi connectivity index (χ0) is 15.3. The second-order valence-electron chi connectivity index (χ2n) is 8.19. The summed E-state index contributed by atoms with van der Waals surface area (Å²) in [7, 11) is 2.27. The van der Waals surface area contributed by atoms with Crippen molar-refractivity contribution in [3.63, 3.8) is 0 Å². The van der Waals surface area contributed by atoms with Crippen LogP contribution in [0.3, 0.4) is 0 Å². The molecule has 0 spiro atoms. The van der Waals surface area contributed by atoms with Crippen molar-refractivity contribution in [1.82, 2.24) is 15.1 Å². The van der Waals surface area contributed by atoms with Crippen molar-refractivity contribution in [1.29, 1.82) is 0 Å². The fraction of sp³-hybridized carbons (Fsp3) is 1.00. The molecule has 4 heteroatoms. The highest BCUT2D eigenvalue weighted by Gasteiger charge is 2.36. The lowest BCUT2D eigenvalue weighted by atomic mass is 9.85. The molecule has 0 aromatic rings. The fourth-order valence-corrected chi connectivity index (χ4v) is 3.39. The fourth-order valence-electron chi connectivity index (χ4n) is 3.39. The minimum atomic E-state index is 0.184. The van der Waals surface area contributed by atoms with E-state index < -0.39 is 0 Å². The van der Waals surface area contributed by atoms with Gasteiger partial charge in [-0.2, -0.15) is 0 Å². The zero-order valence-electron chi connectivity index (χ0n) is 14.6. The van der Waals surface area contributed by atoms with Gasteiger partial charge in [0.05, 0.1) is 6.61 Å². The first-order chi connectivity index (χ1) is 9.89. The van der Waals surface area contributed by atoms with E-state index in [1.54, 1.807) is 0 Å². The standard InChI is InChI=1S/C17H35N3O/c1-16(2,3)18-13-17(7-12-21-15-17)14-19(4)10-11-20-8-5-6-9-20/h18H,5-15H2,1-4H3. The number of hydrogen-bond acceptors (Lipinski definition) is 4. The number of rotatable bonds is 7. The second-order valence-corrected chi connectivity index (χ2v) is 8.19. The van der Waals surface area contributed by atoms with Crippen LogP contribution in [0.5, 0.6) is 0 Å². The lowest BCUT2D eigenvalue weighted by Crippen LogP contribution is -2.49. The average molecular weight is 297 g/mol. The van der Waals surface area contributed by atoms with Crippen molar-refractivity contribution in [2.24, 2.45) is 5.41 Å². The van der Waals surface area contributed by atoms with Gasteiger partial charge in [0.2, 0.25) is 0 Å². The van der Waals surface area contributed by atoms with Crippen LogP contribution in [0.15, 0.2) is 0 Å². The summed E-state index contributed by atoms with van der Waals surface area (Å²) in [6.07, 6.45) is 3.96. The van der Waals surface area contributed by atoms with Crippen LogP contribution >= 0.6 is 0 Å². The molecular weight excluding hydrogens is 262 g/mol. The Hall–Kier alpha value is -0.160. The molecule has 0 radical (unpaired) electrons.